The van der Waals surface area contributed by atoms with Gasteiger partial charge in [0.05, 0.1) is 18.4 Å². The van der Waals surface area contributed by atoms with Crippen LogP contribution in [0.3, 0.4) is 0 Å². The van der Waals surface area contributed by atoms with E-state index < -0.39 is 35.2 Å². The van der Waals surface area contributed by atoms with Gasteiger partial charge in [0.1, 0.15) is 5.54 Å². The summed E-state index contributed by atoms with van der Waals surface area (Å²) in [6.07, 6.45) is 0.248. The molecule has 0 radical (unpaired) electrons. The molecule has 8 nitrogen and oxygen atoms in total. The van der Waals surface area contributed by atoms with Gasteiger partial charge in [-0.1, -0.05) is 48.0 Å². The number of nitrogens with zero attached hydrogens (tertiary/aromatic N) is 1. The summed E-state index contributed by atoms with van der Waals surface area (Å²) in [7, 11) is 0. The number of hydrogen-bond donors (Lipinski definition) is 4. The van der Waals surface area contributed by atoms with Gasteiger partial charge in [0.15, 0.2) is 11.5 Å². The van der Waals surface area contributed by atoms with Crippen LogP contribution in [-0.4, -0.2) is 38.9 Å². The maximum absolute atomic E-state index is 13.9. The largest absolute Gasteiger partial charge is 0.504 e. The van der Waals surface area contributed by atoms with Crippen LogP contribution in [0.15, 0.2) is 66.7 Å². The van der Waals surface area contributed by atoms with E-state index in [-0.39, 0.29) is 30.4 Å². The SMILES string of the molecule is O=C1[C@H]2[C@@H](C(=O)N1Cc1ccccc1)[C@]1(N[C@@H]2Cc2ccc(O)c(O)c2)C(=O)Nc2ccc(Cl)cc21. The van der Waals surface area contributed by atoms with E-state index in [4.69, 9.17) is 11.6 Å². The lowest BCUT2D eigenvalue weighted by molar-refractivity contribution is -0.143. The Hall–Kier alpha value is -3.88. The van der Waals surface area contributed by atoms with Gasteiger partial charge in [0.25, 0.3) is 0 Å². The van der Waals surface area contributed by atoms with E-state index in [9.17, 15) is 24.6 Å². The Morgan fingerprint density at radius 3 is 2.42 bits per heavy atom. The minimum absolute atomic E-state index is 0.109. The lowest BCUT2D eigenvalue weighted by atomic mass is 9.76. The third-order valence-corrected chi connectivity index (χ3v) is 7.68. The average Bonchev–Trinajstić information content (AvgIpc) is 3.43. The van der Waals surface area contributed by atoms with Crippen LogP contribution in [0.4, 0.5) is 5.69 Å². The number of phenolic OH excluding ortho intramolecular Hbond substituents is 2. The van der Waals surface area contributed by atoms with E-state index in [1.165, 1.54) is 17.0 Å². The molecule has 3 amide bonds. The van der Waals surface area contributed by atoms with Crippen LogP contribution < -0.4 is 10.6 Å². The lowest BCUT2D eigenvalue weighted by Crippen LogP contribution is -2.53. The van der Waals surface area contributed by atoms with Crippen molar-refractivity contribution in [2.45, 2.75) is 24.5 Å². The Bertz CT molecular complexity index is 1430. The number of phenols is 2. The van der Waals surface area contributed by atoms with Crippen LogP contribution in [0.25, 0.3) is 0 Å². The smallest absolute Gasteiger partial charge is 0.250 e. The van der Waals surface area contributed by atoms with E-state index in [1.54, 1.807) is 24.3 Å². The summed E-state index contributed by atoms with van der Waals surface area (Å²) in [6.45, 7) is 0.109. The summed E-state index contributed by atoms with van der Waals surface area (Å²) >= 11 is 6.29. The first-order valence-corrected chi connectivity index (χ1v) is 12.0. The van der Waals surface area contributed by atoms with E-state index in [1.807, 2.05) is 30.3 Å². The number of amides is 3. The van der Waals surface area contributed by atoms with E-state index in [2.05, 4.69) is 10.6 Å². The van der Waals surface area contributed by atoms with Crippen molar-refractivity contribution in [2.24, 2.45) is 11.8 Å². The number of hydrogen-bond acceptors (Lipinski definition) is 6. The first-order valence-electron chi connectivity index (χ1n) is 11.6. The van der Waals surface area contributed by atoms with Gasteiger partial charge in [-0.3, -0.25) is 24.6 Å². The summed E-state index contributed by atoms with van der Waals surface area (Å²) in [4.78, 5) is 42.4. The molecule has 4 N–H and O–H groups in total. The molecule has 3 heterocycles. The topological polar surface area (TPSA) is 119 Å². The van der Waals surface area contributed by atoms with Crippen molar-refractivity contribution in [3.8, 4) is 11.5 Å². The molecule has 3 aromatic rings. The number of rotatable bonds is 4. The van der Waals surface area contributed by atoms with Crippen LogP contribution in [-0.2, 0) is 32.9 Å². The van der Waals surface area contributed by atoms with Gasteiger partial charge in [-0.15, -0.1) is 0 Å². The van der Waals surface area contributed by atoms with Crippen LogP contribution in [0.2, 0.25) is 5.02 Å². The fourth-order valence-electron chi connectivity index (χ4n) is 5.88. The number of anilines is 1. The van der Waals surface area contributed by atoms with Crippen molar-refractivity contribution in [3.05, 3.63) is 88.4 Å². The predicted octanol–water partition coefficient (Wildman–Crippen LogP) is 2.91. The summed E-state index contributed by atoms with van der Waals surface area (Å²) < 4.78 is 0. The third kappa shape index (κ3) is 3.22. The summed E-state index contributed by atoms with van der Waals surface area (Å²) in [5.74, 6) is -3.50. The maximum Gasteiger partial charge on any atom is 0.250 e. The molecule has 0 saturated carbocycles. The second kappa shape index (κ2) is 8.08. The van der Waals surface area contributed by atoms with E-state index in [0.29, 0.717) is 21.8 Å². The molecule has 182 valence electrons. The predicted molar refractivity (Wildman–Crippen MR) is 131 cm³/mol. The molecule has 0 bridgehead atoms. The molecule has 3 aliphatic rings. The molecule has 9 heteroatoms. The number of carbonyl (C=O) groups excluding carboxylic acids is 3. The first kappa shape index (κ1) is 22.6. The average molecular weight is 504 g/mol. The van der Waals surface area contributed by atoms with Crippen LogP contribution in [0.5, 0.6) is 11.5 Å². The molecular formula is C27H22ClN3O5. The van der Waals surface area contributed by atoms with Gasteiger partial charge in [-0.2, -0.15) is 0 Å². The number of imide groups is 1. The Morgan fingerprint density at radius 2 is 1.67 bits per heavy atom. The zero-order chi connectivity index (χ0) is 25.2. The van der Waals surface area contributed by atoms with Gasteiger partial charge >= 0.3 is 0 Å². The van der Waals surface area contributed by atoms with Crippen molar-refractivity contribution >= 4 is 35.0 Å². The highest BCUT2D eigenvalue weighted by molar-refractivity contribution is 6.31. The minimum Gasteiger partial charge on any atom is -0.504 e. The summed E-state index contributed by atoms with van der Waals surface area (Å²) in [5.41, 5.74) is 1.06. The molecule has 0 aliphatic carbocycles. The highest BCUT2D eigenvalue weighted by atomic mass is 35.5. The fraction of sp³-hybridized carbons (Fsp3) is 0.222. The van der Waals surface area contributed by atoms with Gasteiger partial charge in [-0.05, 0) is 47.9 Å². The molecule has 2 fully saturated rings. The van der Waals surface area contributed by atoms with Crippen LogP contribution >= 0.6 is 11.6 Å². The Balaban J connectivity index is 1.45. The molecule has 1 spiro atoms. The molecule has 4 atom stereocenters. The van der Waals surface area contributed by atoms with E-state index in [0.717, 1.165) is 5.56 Å². The zero-order valence-corrected chi connectivity index (χ0v) is 19.7. The Morgan fingerprint density at radius 1 is 0.889 bits per heavy atom. The van der Waals surface area contributed by atoms with Crippen LogP contribution in [0.1, 0.15) is 16.7 Å². The Kier molecular flexibility index (Phi) is 5.07. The number of benzene rings is 3. The highest BCUT2D eigenvalue weighted by Crippen LogP contribution is 2.54. The summed E-state index contributed by atoms with van der Waals surface area (Å²) in [6, 6.07) is 18.1. The van der Waals surface area contributed by atoms with Crippen LogP contribution in [0, 0.1) is 11.8 Å². The summed E-state index contributed by atoms with van der Waals surface area (Å²) in [5, 5.41) is 26.3. The highest BCUT2D eigenvalue weighted by Gasteiger charge is 2.70. The van der Waals surface area contributed by atoms with Crippen molar-refractivity contribution in [3.63, 3.8) is 0 Å². The lowest BCUT2D eigenvalue weighted by Gasteiger charge is -2.29. The number of nitrogens with one attached hydrogen (secondary N) is 2. The standard InChI is InChI=1S/C27H22ClN3O5/c28-16-7-8-18-17(12-16)27(26(36)29-18)23-22(19(30-27)10-15-6-9-20(32)21(33)11-15)24(34)31(25(23)35)13-14-4-2-1-3-5-14/h1-9,11-12,19,22-23,30,32-33H,10,13H2,(H,29,36)/t19-,22-,23+,27+/m1/s1. The van der Waals surface area contributed by atoms with Gasteiger partial charge in [-0.25, -0.2) is 0 Å². The molecule has 6 rings (SSSR count). The molecule has 2 saturated heterocycles. The van der Waals surface area contributed by atoms with Gasteiger partial charge in [0.2, 0.25) is 17.7 Å². The van der Waals surface area contributed by atoms with Gasteiger partial charge < -0.3 is 15.5 Å². The normalized spacial score (nSPS) is 26.4. The molecule has 0 unspecified atom stereocenters. The Labute approximate surface area is 211 Å². The second-order valence-electron chi connectivity index (χ2n) is 9.48. The first-order chi connectivity index (χ1) is 17.3. The molecule has 36 heavy (non-hydrogen) atoms. The quantitative estimate of drug-likeness (QED) is 0.321. The maximum atomic E-state index is 13.9. The fourth-order valence-corrected chi connectivity index (χ4v) is 6.05. The minimum atomic E-state index is -1.47. The van der Waals surface area contributed by atoms with Crippen molar-refractivity contribution in [2.75, 3.05) is 5.32 Å². The van der Waals surface area contributed by atoms with Gasteiger partial charge in [0, 0.05) is 22.3 Å². The second-order valence-corrected chi connectivity index (χ2v) is 9.92. The zero-order valence-electron chi connectivity index (χ0n) is 18.9. The number of carbonyl (C=O) groups is 3. The number of fused-ring (bicyclic) bond motifs is 4. The van der Waals surface area contributed by atoms with Crippen molar-refractivity contribution < 1.29 is 24.6 Å². The monoisotopic (exact) mass is 503 g/mol. The molecule has 3 aromatic carbocycles. The van der Waals surface area contributed by atoms with Crippen molar-refractivity contribution in [1.29, 1.82) is 0 Å². The molecular weight excluding hydrogens is 482 g/mol. The number of likely N-dealkylation sites (tertiary alicyclic amines) is 1. The molecule has 3 aliphatic heterocycles. The number of halogens is 1. The van der Waals surface area contributed by atoms with Crippen molar-refractivity contribution in [1.82, 2.24) is 10.2 Å². The molecule has 0 aromatic heterocycles. The third-order valence-electron chi connectivity index (χ3n) is 7.45. The van der Waals surface area contributed by atoms with E-state index >= 15 is 0 Å². The number of aromatic hydroxyl groups is 2.